The molecule has 0 bridgehead atoms. The van der Waals surface area contributed by atoms with Crippen molar-refractivity contribution in [3.05, 3.63) is 63.4 Å². The lowest BCUT2D eigenvalue weighted by Gasteiger charge is -2.31. The third-order valence-electron chi connectivity index (χ3n) is 4.60. The Morgan fingerprint density at radius 3 is 2.88 bits per heavy atom. The molecule has 0 radical (unpaired) electrons. The van der Waals surface area contributed by atoms with Crippen LogP contribution in [0.25, 0.3) is 11.9 Å². The molecule has 4 heteroatoms. The quantitative estimate of drug-likeness (QED) is 0.753. The summed E-state index contributed by atoms with van der Waals surface area (Å²) in [5.41, 5.74) is 4.38. The zero-order valence-corrected chi connectivity index (χ0v) is 15.1. The smallest absolute Gasteiger partial charge is 0.149 e. The Hall–Kier alpha value is -1.71. The lowest BCUT2D eigenvalue weighted by molar-refractivity contribution is 0.203. The highest BCUT2D eigenvalue weighted by Crippen LogP contribution is 2.28. The first-order valence-corrected chi connectivity index (χ1v) is 8.68. The molecule has 1 aromatic heterocycles. The number of rotatable bonds is 3. The van der Waals surface area contributed by atoms with E-state index in [1.807, 2.05) is 37.4 Å². The Morgan fingerprint density at radius 2 is 2.12 bits per heavy atom. The molecular weight excluding hydrogens is 323 g/mol. The summed E-state index contributed by atoms with van der Waals surface area (Å²) in [6.07, 6.45) is 4.21. The summed E-state index contributed by atoms with van der Waals surface area (Å²) < 4.78 is 14.6. The largest absolute Gasteiger partial charge is 0.296 e. The van der Waals surface area contributed by atoms with Gasteiger partial charge < -0.3 is 0 Å². The molecule has 0 unspecified atom stereocenters. The predicted octanol–water partition coefficient (Wildman–Crippen LogP) is 5.28. The fourth-order valence-corrected chi connectivity index (χ4v) is 3.21. The van der Waals surface area contributed by atoms with Crippen LogP contribution in [0.15, 0.2) is 30.5 Å². The lowest BCUT2D eigenvalue weighted by atomic mass is 9.99. The van der Waals surface area contributed by atoms with Crippen LogP contribution in [0, 0.1) is 6.92 Å². The van der Waals surface area contributed by atoms with Gasteiger partial charge in [-0.25, -0.2) is 4.39 Å². The molecule has 1 aliphatic rings. The molecule has 2 aromatic rings. The fraction of sp³-hybridized carbons (Fsp3) is 0.350. The average Bonchev–Trinajstić information content (AvgIpc) is 2.57. The number of hydrogen-bond donors (Lipinski definition) is 0. The van der Waals surface area contributed by atoms with Crippen molar-refractivity contribution in [2.24, 2.45) is 0 Å². The maximum atomic E-state index is 14.6. The maximum Gasteiger partial charge on any atom is 0.149 e. The second-order valence-electron chi connectivity index (χ2n) is 6.62. The lowest BCUT2D eigenvalue weighted by Crippen LogP contribution is -2.36. The summed E-state index contributed by atoms with van der Waals surface area (Å²) >= 11 is 6.25. The van der Waals surface area contributed by atoms with Gasteiger partial charge in [0.1, 0.15) is 5.83 Å². The minimum Gasteiger partial charge on any atom is -0.296 e. The maximum absolute atomic E-state index is 14.6. The average molecular weight is 345 g/mol. The van der Waals surface area contributed by atoms with Crippen molar-refractivity contribution < 1.29 is 4.39 Å². The van der Waals surface area contributed by atoms with Gasteiger partial charge in [-0.1, -0.05) is 29.8 Å². The molecule has 2 nitrogen and oxygen atoms in total. The monoisotopic (exact) mass is 344 g/mol. The van der Waals surface area contributed by atoms with Crippen molar-refractivity contribution >= 4 is 23.5 Å². The van der Waals surface area contributed by atoms with Gasteiger partial charge in [0.15, 0.2) is 0 Å². The minimum absolute atomic E-state index is 0.350. The number of aromatic nitrogens is 1. The Labute approximate surface area is 148 Å². The molecule has 0 aliphatic carbocycles. The van der Waals surface area contributed by atoms with E-state index in [0.717, 1.165) is 25.1 Å². The third kappa shape index (κ3) is 3.52. The van der Waals surface area contributed by atoms with Gasteiger partial charge in [0.25, 0.3) is 0 Å². The normalized spacial score (nSPS) is 15.7. The van der Waals surface area contributed by atoms with Gasteiger partial charge in [-0.15, -0.1) is 0 Å². The SMILES string of the molecule is Cc1cccc(/C=C(\F)c2cc3c(cn2)CN(C(C)C)CC3)c1Cl. The van der Waals surface area contributed by atoms with Gasteiger partial charge >= 0.3 is 0 Å². The number of halogens is 2. The predicted molar refractivity (Wildman–Crippen MR) is 98.7 cm³/mol. The second kappa shape index (κ2) is 7.04. The number of pyridine rings is 1. The summed E-state index contributed by atoms with van der Waals surface area (Å²) in [5.74, 6) is -0.350. The van der Waals surface area contributed by atoms with Crippen LogP contribution in [0.2, 0.25) is 5.02 Å². The van der Waals surface area contributed by atoms with Crippen LogP contribution >= 0.6 is 11.6 Å². The Balaban J connectivity index is 1.88. The standard InChI is InChI=1S/C20H22ClFN2/c1-13(2)24-8-7-15-10-19(23-11-17(15)12-24)18(22)9-16-6-4-5-14(3)20(16)21/h4-6,9-11,13H,7-8,12H2,1-3H3/b18-9-. The molecule has 0 saturated carbocycles. The van der Waals surface area contributed by atoms with Gasteiger partial charge in [-0.3, -0.25) is 9.88 Å². The second-order valence-corrected chi connectivity index (χ2v) is 7.00. The summed E-state index contributed by atoms with van der Waals surface area (Å²) in [6.45, 7) is 8.19. The first-order chi connectivity index (χ1) is 11.5. The van der Waals surface area contributed by atoms with E-state index in [9.17, 15) is 4.39 Å². The molecule has 0 fully saturated rings. The zero-order valence-electron chi connectivity index (χ0n) is 14.3. The van der Waals surface area contributed by atoms with Crippen molar-refractivity contribution in [3.8, 4) is 0 Å². The van der Waals surface area contributed by atoms with E-state index in [0.29, 0.717) is 22.3 Å². The zero-order chi connectivity index (χ0) is 17.3. The number of benzene rings is 1. The molecule has 1 aromatic carbocycles. The highest BCUT2D eigenvalue weighted by molar-refractivity contribution is 6.33. The molecule has 0 saturated heterocycles. The first kappa shape index (κ1) is 17.1. The number of nitrogens with zero attached hydrogens (tertiary/aromatic N) is 2. The van der Waals surface area contributed by atoms with E-state index in [1.54, 1.807) is 0 Å². The Kier molecular flexibility index (Phi) is 5.02. The van der Waals surface area contributed by atoms with Crippen molar-refractivity contribution in [1.82, 2.24) is 9.88 Å². The summed E-state index contributed by atoms with van der Waals surface area (Å²) in [7, 11) is 0. The molecule has 0 amide bonds. The minimum atomic E-state index is -0.350. The molecular formula is C20H22ClFN2. The fourth-order valence-electron chi connectivity index (χ4n) is 3.03. The van der Waals surface area contributed by atoms with Crippen molar-refractivity contribution in [3.63, 3.8) is 0 Å². The molecule has 0 spiro atoms. The van der Waals surface area contributed by atoms with Crippen LogP contribution in [-0.2, 0) is 13.0 Å². The Morgan fingerprint density at radius 1 is 1.33 bits per heavy atom. The van der Waals surface area contributed by atoms with Crippen LogP contribution in [0.5, 0.6) is 0 Å². The van der Waals surface area contributed by atoms with Crippen LogP contribution in [0.4, 0.5) is 4.39 Å². The highest BCUT2D eigenvalue weighted by atomic mass is 35.5. The number of fused-ring (bicyclic) bond motifs is 1. The van der Waals surface area contributed by atoms with Crippen LogP contribution in [0.1, 0.15) is 41.8 Å². The molecule has 1 aliphatic heterocycles. The van der Waals surface area contributed by atoms with E-state index >= 15 is 0 Å². The third-order valence-corrected chi connectivity index (χ3v) is 5.12. The van der Waals surface area contributed by atoms with E-state index < -0.39 is 0 Å². The molecule has 24 heavy (non-hydrogen) atoms. The summed E-state index contributed by atoms with van der Waals surface area (Å²) in [6, 6.07) is 7.99. The van der Waals surface area contributed by atoms with Crippen LogP contribution in [0.3, 0.4) is 0 Å². The summed E-state index contributed by atoms with van der Waals surface area (Å²) in [4.78, 5) is 6.73. The van der Waals surface area contributed by atoms with Crippen LogP contribution in [-0.4, -0.2) is 22.5 Å². The van der Waals surface area contributed by atoms with E-state index in [-0.39, 0.29) is 5.83 Å². The topological polar surface area (TPSA) is 16.1 Å². The molecule has 2 heterocycles. The molecule has 3 rings (SSSR count). The van der Waals surface area contributed by atoms with Crippen molar-refractivity contribution in [1.29, 1.82) is 0 Å². The molecule has 126 valence electrons. The van der Waals surface area contributed by atoms with Crippen LogP contribution < -0.4 is 0 Å². The number of aryl methyl sites for hydroxylation is 1. The van der Waals surface area contributed by atoms with E-state index in [1.165, 1.54) is 17.2 Å². The Bertz CT molecular complexity index is 783. The van der Waals surface area contributed by atoms with Crippen molar-refractivity contribution in [2.45, 2.75) is 39.8 Å². The molecule has 0 atom stereocenters. The number of hydrogen-bond acceptors (Lipinski definition) is 2. The van der Waals surface area contributed by atoms with Gasteiger partial charge in [0.05, 0.1) is 10.7 Å². The summed E-state index contributed by atoms with van der Waals surface area (Å²) in [5, 5.41) is 0.582. The van der Waals surface area contributed by atoms with Gasteiger partial charge in [-0.2, -0.15) is 0 Å². The highest BCUT2D eigenvalue weighted by Gasteiger charge is 2.19. The van der Waals surface area contributed by atoms with Gasteiger partial charge in [0, 0.05) is 25.3 Å². The van der Waals surface area contributed by atoms with Crippen molar-refractivity contribution in [2.75, 3.05) is 6.54 Å². The van der Waals surface area contributed by atoms with E-state index in [4.69, 9.17) is 11.6 Å². The first-order valence-electron chi connectivity index (χ1n) is 8.30. The van der Waals surface area contributed by atoms with Gasteiger partial charge in [0.2, 0.25) is 0 Å². The van der Waals surface area contributed by atoms with Gasteiger partial charge in [-0.05, 0) is 61.6 Å². The van der Waals surface area contributed by atoms with E-state index in [2.05, 4.69) is 23.7 Å². The molecule has 0 N–H and O–H groups in total.